The molecule has 0 unspecified atom stereocenters. The highest BCUT2D eigenvalue weighted by atomic mass is 79.9. The topological polar surface area (TPSA) is 29.1 Å². The second-order valence-corrected chi connectivity index (χ2v) is 4.58. The first-order valence-corrected chi connectivity index (χ1v) is 5.44. The maximum Gasteiger partial charge on any atom is 0.242 e. The Balaban J connectivity index is 2.78. The Morgan fingerprint density at radius 2 is 2.21 bits per heavy atom. The van der Waals surface area contributed by atoms with Gasteiger partial charge >= 0.3 is 0 Å². The minimum absolute atomic E-state index is 0.192. The molecule has 1 atom stereocenters. The molecule has 0 fully saturated rings. The van der Waals surface area contributed by atoms with Crippen molar-refractivity contribution in [2.45, 2.75) is 19.2 Å². The lowest BCUT2D eigenvalue weighted by Crippen LogP contribution is -2.20. The molecule has 0 aliphatic rings. The van der Waals surface area contributed by atoms with Crippen LogP contribution in [-0.2, 0) is 4.79 Å². The summed E-state index contributed by atoms with van der Waals surface area (Å²) in [5, 5.41) is 2.19. The van der Waals surface area contributed by atoms with Crippen LogP contribution in [0.2, 0.25) is 0 Å². The monoisotopic (exact) mass is 275 g/mol. The Morgan fingerprint density at radius 3 is 2.71 bits per heavy atom. The highest BCUT2D eigenvalue weighted by molar-refractivity contribution is 9.10. The quantitative estimate of drug-likeness (QED) is 0.825. The molecule has 1 rings (SSSR count). The van der Waals surface area contributed by atoms with E-state index >= 15 is 0 Å². The molecule has 1 amide bonds. The number of alkyl halides is 1. The molecule has 14 heavy (non-hydrogen) atoms. The van der Waals surface area contributed by atoms with Crippen LogP contribution in [-0.4, -0.2) is 11.3 Å². The van der Waals surface area contributed by atoms with Crippen molar-refractivity contribution in [3.8, 4) is 0 Å². The van der Waals surface area contributed by atoms with Crippen molar-refractivity contribution in [1.82, 2.24) is 0 Å². The normalized spacial score (nSPS) is 12.3. The van der Waals surface area contributed by atoms with Crippen molar-refractivity contribution in [3.63, 3.8) is 0 Å². The van der Waals surface area contributed by atoms with E-state index in [1.807, 2.05) is 25.1 Å². The van der Waals surface area contributed by atoms with Gasteiger partial charge in [-0.25, -0.2) is 0 Å². The van der Waals surface area contributed by atoms with Crippen LogP contribution >= 0.6 is 27.5 Å². The lowest BCUT2D eigenvalue weighted by Gasteiger charge is -2.07. The molecular formula is C10H11BrClNO. The van der Waals surface area contributed by atoms with Crippen molar-refractivity contribution in [1.29, 1.82) is 0 Å². The number of aryl methyl sites for hydroxylation is 1. The van der Waals surface area contributed by atoms with Crippen molar-refractivity contribution in [2.75, 3.05) is 5.32 Å². The zero-order valence-electron chi connectivity index (χ0n) is 7.97. The molecule has 0 saturated carbocycles. The zero-order chi connectivity index (χ0) is 10.7. The molecule has 0 saturated heterocycles. The Morgan fingerprint density at radius 1 is 1.57 bits per heavy atom. The number of halogens is 2. The minimum atomic E-state index is -0.518. The summed E-state index contributed by atoms with van der Waals surface area (Å²) in [6.07, 6.45) is 0. The summed E-state index contributed by atoms with van der Waals surface area (Å²) in [6.45, 7) is 3.62. The van der Waals surface area contributed by atoms with Gasteiger partial charge in [-0.3, -0.25) is 4.79 Å². The summed E-state index contributed by atoms with van der Waals surface area (Å²) < 4.78 is 0.970. The van der Waals surface area contributed by atoms with Gasteiger partial charge in [-0.2, -0.15) is 0 Å². The van der Waals surface area contributed by atoms with Crippen molar-refractivity contribution < 1.29 is 4.79 Å². The summed E-state index contributed by atoms with van der Waals surface area (Å²) in [4.78, 5) is 11.3. The van der Waals surface area contributed by atoms with Gasteiger partial charge in [0.2, 0.25) is 5.91 Å². The maximum absolute atomic E-state index is 11.3. The second-order valence-electron chi connectivity index (χ2n) is 3.07. The van der Waals surface area contributed by atoms with Crippen molar-refractivity contribution in [3.05, 3.63) is 28.2 Å². The predicted molar refractivity (Wildman–Crippen MR) is 62.8 cm³/mol. The Bertz CT molecular complexity index is 352. The SMILES string of the molecule is Cc1ccc(NC(=O)[C@@H](C)Cl)cc1Br. The van der Waals surface area contributed by atoms with E-state index in [1.54, 1.807) is 6.92 Å². The van der Waals surface area contributed by atoms with Gasteiger partial charge in [-0.15, -0.1) is 11.6 Å². The van der Waals surface area contributed by atoms with Gasteiger partial charge in [-0.1, -0.05) is 22.0 Å². The Kier molecular flexibility index (Phi) is 3.96. The van der Waals surface area contributed by atoms with Crippen molar-refractivity contribution >= 4 is 39.1 Å². The number of benzene rings is 1. The van der Waals surface area contributed by atoms with E-state index in [1.165, 1.54) is 0 Å². The first-order chi connectivity index (χ1) is 6.50. The largest absolute Gasteiger partial charge is 0.325 e. The molecule has 1 aromatic rings. The maximum atomic E-state index is 11.3. The van der Waals surface area contributed by atoms with Gasteiger partial charge in [0, 0.05) is 10.2 Å². The van der Waals surface area contributed by atoms with Gasteiger partial charge < -0.3 is 5.32 Å². The predicted octanol–water partition coefficient (Wildman–Crippen LogP) is 3.32. The highest BCUT2D eigenvalue weighted by Gasteiger charge is 2.09. The van der Waals surface area contributed by atoms with Crippen molar-refractivity contribution in [2.24, 2.45) is 0 Å². The molecular weight excluding hydrogens is 265 g/mol. The molecule has 0 spiro atoms. The Hall–Kier alpha value is -0.540. The summed E-state index contributed by atoms with van der Waals surface area (Å²) in [7, 11) is 0. The number of rotatable bonds is 2. The number of hydrogen-bond donors (Lipinski definition) is 1. The molecule has 1 aromatic carbocycles. The first-order valence-electron chi connectivity index (χ1n) is 4.22. The van der Waals surface area contributed by atoms with Crippen LogP contribution in [0.5, 0.6) is 0 Å². The molecule has 0 aliphatic carbocycles. The van der Waals surface area contributed by atoms with Gasteiger partial charge in [0.1, 0.15) is 5.38 Å². The molecule has 4 heteroatoms. The number of amides is 1. The van der Waals surface area contributed by atoms with Crippen LogP contribution in [0.4, 0.5) is 5.69 Å². The molecule has 0 aromatic heterocycles. The van der Waals surface area contributed by atoms with E-state index in [2.05, 4.69) is 21.2 Å². The van der Waals surface area contributed by atoms with Crippen LogP contribution in [0.15, 0.2) is 22.7 Å². The minimum Gasteiger partial charge on any atom is -0.325 e. The summed E-state index contributed by atoms with van der Waals surface area (Å²) in [5.41, 5.74) is 1.88. The van der Waals surface area contributed by atoms with Crippen LogP contribution in [0.25, 0.3) is 0 Å². The lowest BCUT2D eigenvalue weighted by atomic mass is 10.2. The third kappa shape index (κ3) is 3.00. The standard InChI is InChI=1S/C10H11BrClNO/c1-6-3-4-8(5-9(6)11)13-10(14)7(2)12/h3-5,7H,1-2H3,(H,13,14)/t7-/m1/s1. The van der Waals surface area contributed by atoms with Gasteiger partial charge in [-0.05, 0) is 31.5 Å². The van der Waals surface area contributed by atoms with E-state index in [9.17, 15) is 4.79 Å². The fourth-order valence-corrected chi connectivity index (χ4v) is 1.35. The van der Waals surface area contributed by atoms with Crippen LogP contribution < -0.4 is 5.32 Å². The van der Waals surface area contributed by atoms with Gasteiger partial charge in [0.05, 0.1) is 0 Å². The fourth-order valence-electron chi connectivity index (χ4n) is 0.912. The average molecular weight is 277 g/mol. The van der Waals surface area contributed by atoms with E-state index in [4.69, 9.17) is 11.6 Å². The van der Waals surface area contributed by atoms with Crippen LogP contribution in [0.1, 0.15) is 12.5 Å². The van der Waals surface area contributed by atoms with Gasteiger partial charge in [0.15, 0.2) is 0 Å². The molecule has 2 nitrogen and oxygen atoms in total. The van der Waals surface area contributed by atoms with Crippen LogP contribution in [0, 0.1) is 6.92 Å². The second kappa shape index (κ2) is 4.80. The molecule has 0 heterocycles. The average Bonchev–Trinajstić information content (AvgIpc) is 2.11. The lowest BCUT2D eigenvalue weighted by molar-refractivity contribution is -0.115. The number of anilines is 1. The van der Waals surface area contributed by atoms with E-state index < -0.39 is 5.38 Å². The third-order valence-electron chi connectivity index (χ3n) is 1.80. The molecule has 1 N–H and O–H groups in total. The number of carbonyl (C=O) groups is 1. The van der Waals surface area contributed by atoms with E-state index in [-0.39, 0.29) is 5.91 Å². The molecule has 76 valence electrons. The summed E-state index contributed by atoms with van der Waals surface area (Å²) in [5.74, 6) is -0.192. The number of carbonyl (C=O) groups excluding carboxylic acids is 1. The third-order valence-corrected chi connectivity index (χ3v) is 2.85. The number of hydrogen-bond acceptors (Lipinski definition) is 1. The fraction of sp³-hybridized carbons (Fsp3) is 0.300. The van der Waals surface area contributed by atoms with E-state index in [0.29, 0.717) is 0 Å². The Labute approximate surface area is 96.8 Å². The smallest absolute Gasteiger partial charge is 0.242 e. The van der Waals surface area contributed by atoms with Crippen LogP contribution in [0.3, 0.4) is 0 Å². The molecule has 0 radical (unpaired) electrons. The summed E-state index contributed by atoms with van der Waals surface area (Å²) in [6, 6.07) is 5.63. The number of nitrogens with one attached hydrogen (secondary N) is 1. The zero-order valence-corrected chi connectivity index (χ0v) is 10.3. The summed E-state index contributed by atoms with van der Waals surface area (Å²) >= 11 is 9.01. The highest BCUT2D eigenvalue weighted by Crippen LogP contribution is 2.20. The molecule has 0 aliphatic heterocycles. The molecule has 0 bridgehead atoms. The van der Waals surface area contributed by atoms with E-state index in [0.717, 1.165) is 15.7 Å². The first kappa shape index (κ1) is 11.5. The van der Waals surface area contributed by atoms with Gasteiger partial charge in [0.25, 0.3) is 0 Å².